The maximum Gasteiger partial charge on any atom is 0.00791 e. The normalized spacial score (nSPS) is 38.7. The van der Waals surface area contributed by atoms with E-state index in [1.165, 1.54) is 25.9 Å². The Bertz CT molecular complexity index is 136. The zero-order valence-electron chi connectivity index (χ0n) is 7.29. The summed E-state index contributed by atoms with van der Waals surface area (Å²) in [6.45, 7) is 5.85. The Morgan fingerprint density at radius 2 is 2.09 bits per heavy atom. The highest BCUT2D eigenvalue weighted by molar-refractivity contribution is 4.98. The van der Waals surface area contributed by atoms with Crippen molar-refractivity contribution >= 4 is 0 Å². The van der Waals surface area contributed by atoms with Crippen molar-refractivity contribution in [3.63, 3.8) is 0 Å². The van der Waals surface area contributed by atoms with E-state index in [-0.39, 0.29) is 0 Å². The lowest BCUT2D eigenvalue weighted by atomic mass is 10.2. The Hall–Kier alpha value is -0.0800. The van der Waals surface area contributed by atoms with Crippen molar-refractivity contribution in [1.29, 1.82) is 0 Å². The predicted octanol–water partition coefficient (Wildman–Crippen LogP) is 0.675. The molecule has 1 saturated carbocycles. The van der Waals surface area contributed by atoms with E-state index in [9.17, 15) is 0 Å². The molecule has 0 aromatic rings. The van der Waals surface area contributed by atoms with E-state index in [0.29, 0.717) is 0 Å². The Morgan fingerprint density at radius 1 is 1.45 bits per heavy atom. The van der Waals surface area contributed by atoms with E-state index in [0.717, 1.165) is 24.4 Å². The summed E-state index contributed by atoms with van der Waals surface area (Å²) < 4.78 is 0. The molecule has 0 aromatic heterocycles. The number of nitrogens with two attached hydrogens (primary N) is 1. The minimum atomic E-state index is 0.729. The zero-order chi connectivity index (χ0) is 7.84. The van der Waals surface area contributed by atoms with Crippen LogP contribution in [-0.2, 0) is 0 Å². The van der Waals surface area contributed by atoms with Gasteiger partial charge < -0.3 is 10.6 Å². The molecular weight excluding hydrogens is 136 g/mol. The van der Waals surface area contributed by atoms with E-state index in [2.05, 4.69) is 11.8 Å². The fourth-order valence-corrected chi connectivity index (χ4v) is 2.22. The molecule has 2 heteroatoms. The van der Waals surface area contributed by atoms with Gasteiger partial charge in [0.25, 0.3) is 0 Å². The summed E-state index contributed by atoms with van der Waals surface area (Å²) in [6.07, 6.45) is 2.67. The lowest BCUT2D eigenvalue weighted by Gasteiger charge is -2.24. The largest absolute Gasteiger partial charge is 0.330 e. The minimum absolute atomic E-state index is 0.729. The third-order valence-electron chi connectivity index (χ3n) is 3.21. The van der Waals surface area contributed by atoms with Gasteiger partial charge in [0.2, 0.25) is 0 Å². The van der Waals surface area contributed by atoms with Gasteiger partial charge in [0.1, 0.15) is 0 Å². The molecule has 0 amide bonds. The maximum atomic E-state index is 5.52. The van der Waals surface area contributed by atoms with Crippen molar-refractivity contribution in [3.8, 4) is 0 Å². The summed E-state index contributed by atoms with van der Waals surface area (Å²) in [7, 11) is 0. The van der Waals surface area contributed by atoms with Crippen LogP contribution in [0.3, 0.4) is 0 Å². The van der Waals surface area contributed by atoms with Crippen LogP contribution in [0.25, 0.3) is 0 Å². The molecule has 3 atom stereocenters. The number of fused-ring (bicyclic) bond motifs is 1. The van der Waals surface area contributed by atoms with Crippen molar-refractivity contribution in [2.45, 2.75) is 25.8 Å². The molecule has 3 unspecified atom stereocenters. The maximum absolute atomic E-state index is 5.52. The number of hydrogen-bond donors (Lipinski definition) is 1. The van der Waals surface area contributed by atoms with Gasteiger partial charge in [-0.05, 0) is 38.1 Å². The van der Waals surface area contributed by atoms with Gasteiger partial charge in [-0.25, -0.2) is 0 Å². The number of hydrogen-bond acceptors (Lipinski definition) is 2. The van der Waals surface area contributed by atoms with E-state index in [1.807, 2.05) is 0 Å². The second-order valence-corrected chi connectivity index (χ2v) is 4.14. The Labute approximate surface area is 68.7 Å². The molecule has 0 aromatic carbocycles. The van der Waals surface area contributed by atoms with Gasteiger partial charge in [-0.3, -0.25) is 0 Å². The lowest BCUT2D eigenvalue weighted by molar-refractivity contribution is 0.225. The zero-order valence-corrected chi connectivity index (χ0v) is 7.29. The van der Waals surface area contributed by atoms with Gasteiger partial charge >= 0.3 is 0 Å². The molecule has 2 aliphatic rings. The van der Waals surface area contributed by atoms with Crippen molar-refractivity contribution < 1.29 is 0 Å². The smallest absolute Gasteiger partial charge is 0.00791 e. The first-order valence-electron chi connectivity index (χ1n) is 4.75. The van der Waals surface area contributed by atoms with Crippen molar-refractivity contribution in [3.05, 3.63) is 0 Å². The Kier molecular flexibility index (Phi) is 1.90. The molecule has 0 spiro atoms. The van der Waals surface area contributed by atoms with Crippen LogP contribution in [-0.4, -0.2) is 30.6 Å². The van der Waals surface area contributed by atoms with Crippen molar-refractivity contribution in [1.82, 2.24) is 4.90 Å². The summed E-state index contributed by atoms with van der Waals surface area (Å²) in [5, 5.41) is 0. The molecule has 1 aliphatic heterocycles. The lowest BCUT2D eigenvalue weighted by Crippen LogP contribution is -2.33. The first-order valence-corrected chi connectivity index (χ1v) is 4.75. The second kappa shape index (κ2) is 2.76. The van der Waals surface area contributed by atoms with Gasteiger partial charge in [-0.2, -0.15) is 0 Å². The van der Waals surface area contributed by atoms with Gasteiger partial charge in [0.15, 0.2) is 0 Å². The van der Waals surface area contributed by atoms with E-state index < -0.39 is 0 Å². The quantitative estimate of drug-likeness (QED) is 0.647. The average molecular weight is 154 g/mol. The topological polar surface area (TPSA) is 29.3 Å². The molecule has 2 rings (SSSR count). The monoisotopic (exact) mass is 154 g/mol. The predicted molar refractivity (Wildman–Crippen MR) is 46.3 cm³/mol. The third-order valence-corrected chi connectivity index (χ3v) is 3.21. The molecule has 1 aliphatic carbocycles. The summed E-state index contributed by atoms with van der Waals surface area (Å²) >= 11 is 0. The number of likely N-dealkylation sites (tertiary alicyclic amines) is 1. The number of rotatable bonds is 3. The summed E-state index contributed by atoms with van der Waals surface area (Å²) in [6, 6.07) is 0.729. The highest BCUT2D eigenvalue weighted by atomic mass is 15.2. The van der Waals surface area contributed by atoms with Crippen molar-refractivity contribution in [2.24, 2.45) is 17.6 Å². The van der Waals surface area contributed by atoms with E-state index in [4.69, 9.17) is 5.73 Å². The highest BCUT2D eigenvalue weighted by Gasteiger charge is 2.45. The fraction of sp³-hybridized carbons (Fsp3) is 1.00. The standard InChI is InChI=1S/C9H18N2/c1-7(2-3-10)11-5-8-4-9(8)6-11/h7-9H,2-6,10H2,1H3. The van der Waals surface area contributed by atoms with Crippen LogP contribution >= 0.6 is 0 Å². The fourth-order valence-electron chi connectivity index (χ4n) is 2.22. The second-order valence-electron chi connectivity index (χ2n) is 4.14. The molecule has 2 nitrogen and oxygen atoms in total. The molecule has 0 bridgehead atoms. The van der Waals surface area contributed by atoms with Crippen molar-refractivity contribution in [2.75, 3.05) is 19.6 Å². The minimum Gasteiger partial charge on any atom is -0.330 e. The molecule has 64 valence electrons. The molecule has 2 N–H and O–H groups in total. The van der Waals surface area contributed by atoms with Crippen LogP contribution in [0.15, 0.2) is 0 Å². The SMILES string of the molecule is CC(CCN)N1CC2CC2C1. The summed E-state index contributed by atoms with van der Waals surface area (Å²) in [4.78, 5) is 2.60. The van der Waals surface area contributed by atoms with Crippen LogP contribution in [0, 0.1) is 11.8 Å². The van der Waals surface area contributed by atoms with Crippen LogP contribution in [0.1, 0.15) is 19.8 Å². The molecule has 1 saturated heterocycles. The summed E-state index contributed by atoms with van der Waals surface area (Å²) in [5.41, 5.74) is 5.52. The summed E-state index contributed by atoms with van der Waals surface area (Å²) in [5.74, 6) is 2.13. The highest BCUT2D eigenvalue weighted by Crippen LogP contribution is 2.45. The first kappa shape index (κ1) is 7.56. The molecule has 0 radical (unpaired) electrons. The molecule has 1 heterocycles. The molecular formula is C9H18N2. The Balaban J connectivity index is 1.77. The van der Waals surface area contributed by atoms with Gasteiger partial charge in [-0.15, -0.1) is 0 Å². The van der Waals surface area contributed by atoms with Crippen LogP contribution in [0.5, 0.6) is 0 Å². The van der Waals surface area contributed by atoms with Gasteiger partial charge in [0.05, 0.1) is 0 Å². The van der Waals surface area contributed by atoms with Crippen LogP contribution < -0.4 is 5.73 Å². The van der Waals surface area contributed by atoms with Gasteiger partial charge in [0, 0.05) is 19.1 Å². The van der Waals surface area contributed by atoms with Gasteiger partial charge in [-0.1, -0.05) is 0 Å². The Morgan fingerprint density at radius 3 is 2.64 bits per heavy atom. The number of nitrogens with zero attached hydrogens (tertiary/aromatic N) is 1. The van der Waals surface area contributed by atoms with E-state index in [1.54, 1.807) is 0 Å². The number of piperidine rings is 1. The van der Waals surface area contributed by atoms with E-state index >= 15 is 0 Å². The molecule has 2 fully saturated rings. The molecule has 11 heavy (non-hydrogen) atoms. The third kappa shape index (κ3) is 1.42. The van der Waals surface area contributed by atoms with Crippen LogP contribution in [0.2, 0.25) is 0 Å². The first-order chi connectivity index (χ1) is 5.31. The van der Waals surface area contributed by atoms with Crippen LogP contribution in [0.4, 0.5) is 0 Å². The average Bonchev–Trinajstić information content (AvgIpc) is 2.59.